The predicted octanol–water partition coefficient (Wildman–Crippen LogP) is 2.42. The molecule has 1 aromatic heterocycles. The van der Waals surface area contributed by atoms with Gasteiger partial charge < -0.3 is 10.6 Å². The van der Waals surface area contributed by atoms with Gasteiger partial charge in [-0.1, -0.05) is 25.4 Å². The largest absolute Gasteiger partial charge is 0.346 e. The highest BCUT2D eigenvalue weighted by Crippen LogP contribution is 2.27. The van der Waals surface area contributed by atoms with Crippen molar-refractivity contribution in [3.8, 4) is 0 Å². The molecule has 0 radical (unpaired) electrons. The van der Waals surface area contributed by atoms with Gasteiger partial charge in [-0.25, -0.2) is 9.37 Å². The highest BCUT2D eigenvalue weighted by molar-refractivity contribution is 6.29. The molecular weight excluding hydrogens is 221 g/mol. The fourth-order valence-electron chi connectivity index (χ4n) is 1.05. The molecule has 0 spiro atoms. The van der Waals surface area contributed by atoms with E-state index in [0.717, 1.165) is 0 Å². The number of alkyl halides is 1. The van der Waals surface area contributed by atoms with Gasteiger partial charge in [-0.3, -0.25) is 4.79 Å². The van der Waals surface area contributed by atoms with Crippen LogP contribution in [0.15, 0.2) is 12.3 Å². The van der Waals surface area contributed by atoms with Gasteiger partial charge in [0.25, 0.3) is 5.91 Å². The minimum atomic E-state index is -1.73. The summed E-state index contributed by atoms with van der Waals surface area (Å²) in [4.78, 5) is 14.6. The number of nitrogens with one attached hydrogen (secondary N) is 2. The van der Waals surface area contributed by atoms with E-state index in [2.05, 4.69) is 15.6 Å². The van der Waals surface area contributed by atoms with Crippen LogP contribution in [0.2, 0.25) is 5.15 Å². The summed E-state index contributed by atoms with van der Waals surface area (Å²) in [6.07, 6.45) is -0.361. The van der Waals surface area contributed by atoms with Gasteiger partial charge in [0.05, 0.1) is 17.6 Å². The second-order valence-corrected chi connectivity index (χ2v) is 2.94. The highest BCUT2D eigenvalue weighted by Gasteiger charge is 2.24. The number of hydrogen-bond acceptors (Lipinski definition) is 3. The molecular formula is C9H11ClFN3O. The van der Waals surface area contributed by atoms with Gasteiger partial charge in [-0.2, -0.15) is 0 Å². The lowest BCUT2D eigenvalue weighted by Crippen LogP contribution is -2.35. The highest BCUT2D eigenvalue weighted by atomic mass is 35.5. The van der Waals surface area contributed by atoms with Crippen LogP contribution in [0.5, 0.6) is 0 Å². The van der Waals surface area contributed by atoms with E-state index in [1.54, 1.807) is 0 Å². The van der Waals surface area contributed by atoms with Crippen molar-refractivity contribution in [1.29, 1.82) is 0 Å². The van der Waals surface area contributed by atoms with Gasteiger partial charge in [0.2, 0.25) is 6.30 Å². The van der Waals surface area contributed by atoms with Crippen molar-refractivity contribution >= 4 is 28.9 Å². The number of nitrogens with zero attached hydrogens (tertiary/aromatic N) is 1. The Morgan fingerprint density at radius 1 is 1.47 bits per heavy atom. The molecule has 1 atom stereocenters. The van der Waals surface area contributed by atoms with Crippen LogP contribution in [-0.4, -0.2) is 17.2 Å². The molecule has 1 amide bonds. The molecule has 4 nitrogen and oxygen atoms in total. The number of aromatic nitrogens is 1. The van der Waals surface area contributed by atoms with E-state index in [9.17, 15) is 9.18 Å². The number of rotatable bonds is 0. The average molecular weight is 232 g/mol. The molecule has 1 unspecified atom stereocenters. The Labute approximate surface area is 91.8 Å². The third-order valence-corrected chi connectivity index (χ3v) is 1.85. The van der Waals surface area contributed by atoms with E-state index in [-0.39, 0.29) is 5.15 Å². The number of fused-ring (bicyclic) bond motifs is 1. The summed E-state index contributed by atoms with van der Waals surface area (Å²) in [5.41, 5.74) is 0.871. The number of anilines is 2. The lowest BCUT2D eigenvalue weighted by molar-refractivity contribution is -0.120. The van der Waals surface area contributed by atoms with Crippen LogP contribution >= 0.6 is 11.6 Å². The van der Waals surface area contributed by atoms with Crippen molar-refractivity contribution in [2.75, 3.05) is 10.6 Å². The minimum absolute atomic E-state index is 0.245. The van der Waals surface area contributed by atoms with Gasteiger partial charge in [0.1, 0.15) is 5.15 Å². The summed E-state index contributed by atoms with van der Waals surface area (Å²) in [6, 6.07) is 1.45. The molecule has 82 valence electrons. The van der Waals surface area contributed by atoms with Gasteiger partial charge in [-0.05, 0) is 0 Å². The molecule has 2 rings (SSSR count). The summed E-state index contributed by atoms with van der Waals surface area (Å²) >= 11 is 5.57. The quantitative estimate of drug-likeness (QED) is 0.533. The van der Waals surface area contributed by atoms with Crippen molar-refractivity contribution in [3.05, 3.63) is 17.4 Å². The summed E-state index contributed by atoms with van der Waals surface area (Å²) in [5.74, 6) is -0.725. The fraction of sp³-hybridized carbons (Fsp3) is 0.333. The molecule has 0 saturated heterocycles. The summed E-state index contributed by atoms with van der Waals surface area (Å²) in [5, 5.41) is 4.93. The minimum Gasteiger partial charge on any atom is -0.346 e. The van der Waals surface area contributed by atoms with E-state index >= 15 is 0 Å². The Morgan fingerprint density at radius 2 is 2.13 bits per heavy atom. The number of hydrogen-bond donors (Lipinski definition) is 2. The first kappa shape index (κ1) is 11.7. The second-order valence-electron chi connectivity index (χ2n) is 2.55. The molecule has 0 bridgehead atoms. The third-order valence-electron chi connectivity index (χ3n) is 1.64. The van der Waals surface area contributed by atoms with Crippen LogP contribution in [0.1, 0.15) is 13.8 Å². The number of pyridine rings is 1. The van der Waals surface area contributed by atoms with Crippen molar-refractivity contribution in [2.24, 2.45) is 0 Å². The molecule has 1 aliphatic heterocycles. The Bertz CT molecular complexity index is 372. The molecule has 15 heavy (non-hydrogen) atoms. The summed E-state index contributed by atoms with van der Waals surface area (Å²) in [7, 11) is 0. The van der Waals surface area contributed by atoms with E-state index in [0.29, 0.717) is 11.4 Å². The van der Waals surface area contributed by atoms with Crippen molar-refractivity contribution < 1.29 is 9.18 Å². The fourth-order valence-corrected chi connectivity index (χ4v) is 1.20. The maximum atomic E-state index is 12.8. The average Bonchev–Trinajstić information content (AvgIpc) is 2.23. The van der Waals surface area contributed by atoms with Crippen molar-refractivity contribution in [2.45, 2.75) is 20.1 Å². The Kier molecular flexibility index (Phi) is 3.85. The Morgan fingerprint density at radius 3 is 2.80 bits per heavy atom. The van der Waals surface area contributed by atoms with Crippen LogP contribution in [0, 0.1) is 0 Å². The van der Waals surface area contributed by atoms with Gasteiger partial charge in [-0.15, -0.1) is 0 Å². The Hall–Kier alpha value is -1.36. The van der Waals surface area contributed by atoms with Crippen LogP contribution in [0.4, 0.5) is 15.8 Å². The van der Waals surface area contributed by atoms with Gasteiger partial charge >= 0.3 is 0 Å². The van der Waals surface area contributed by atoms with E-state index in [1.807, 2.05) is 13.8 Å². The zero-order chi connectivity index (χ0) is 11.4. The van der Waals surface area contributed by atoms with Gasteiger partial charge in [0.15, 0.2) is 0 Å². The maximum absolute atomic E-state index is 12.8. The van der Waals surface area contributed by atoms with Crippen molar-refractivity contribution in [3.63, 3.8) is 0 Å². The molecule has 0 aromatic carbocycles. The molecule has 2 heterocycles. The number of amides is 1. The smallest absolute Gasteiger partial charge is 0.279 e. The number of halogens is 2. The van der Waals surface area contributed by atoms with Crippen LogP contribution < -0.4 is 10.6 Å². The van der Waals surface area contributed by atoms with Gasteiger partial charge in [0, 0.05) is 6.07 Å². The molecule has 1 aliphatic rings. The SMILES string of the molecule is CC.O=C1Nc2cnc(Cl)cc2NC1F. The molecule has 0 aliphatic carbocycles. The van der Waals surface area contributed by atoms with Crippen LogP contribution in [0.3, 0.4) is 0 Å². The summed E-state index contributed by atoms with van der Waals surface area (Å²) < 4.78 is 12.8. The Balaban J connectivity index is 0.000000531. The zero-order valence-electron chi connectivity index (χ0n) is 8.34. The van der Waals surface area contributed by atoms with E-state index in [4.69, 9.17) is 11.6 Å². The van der Waals surface area contributed by atoms with E-state index < -0.39 is 12.2 Å². The first-order valence-corrected chi connectivity index (χ1v) is 4.91. The number of carbonyl (C=O) groups excluding carboxylic acids is 1. The zero-order valence-corrected chi connectivity index (χ0v) is 9.10. The number of carbonyl (C=O) groups is 1. The molecule has 0 fully saturated rings. The van der Waals surface area contributed by atoms with Crippen LogP contribution in [0.25, 0.3) is 0 Å². The topological polar surface area (TPSA) is 54.0 Å². The molecule has 1 aromatic rings. The van der Waals surface area contributed by atoms with E-state index in [1.165, 1.54) is 12.3 Å². The monoisotopic (exact) mass is 231 g/mol. The lowest BCUT2D eigenvalue weighted by Gasteiger charge is -2.20. The molecule has 2 N–H and O–H groups in total. The normalized spacial score (nSPS) is 17.9. The summed E-state index contributed by atoms with van der Waals surface area (Å²) in [6.45, 7) is 4.00. The second kappa shape index (κ2) is 4.93. The maximum Gasteiger partial charge on any atom is 0.279 e. The first-order chi connectivity index (χ1) is 7.16. The van der Waals surface area contributed by atoms with Crippen LogP contribution in [-0.2, 0) is 4.79 Å². The third kappa shape index (κ3) is 2.56. The standard InChI is InChI=1S/C7H5ClFN3O.C2H6/c8-5-1-3-4(2-10-5)12-7(13)6(9)11-3;1-2/h1-2,6,11H,(H,12,13);1-2H3. The lowest BCUT2D eigenvalue weighted by atomic mass is 10.3. The molecule has 6 heteroatoms. The molecule has 0 saturated carbocycles. The first-order valence-electron chi connectivity index (χ1n) is 4.54. The van der Waals surface area contributed by atoms with Crippen molar-refractivity contribution in [1.82, 2.24) is 4.98 Å². The predicted molar refractivity (Wildman–Crippen MR) is 57.7 cm³/mol.